The third-order valence-electron chi connectivity index (χ3n) is 5.74. The molecule has 0 saturated carbocycles. The van der Waals surface area contributed by atoms with Gasteiger partial charge in [-0.15, -0.1) is 0 Å². The van der Waals surface area contributed by atoms with Crippen molar-refractivity contribution in [1.82, 2.24) is 4.31 Å². The normalized spacial score (nSPS) is 14.4. The van der Waals surface area contributed by atoms with Crippen molar-refractivity contribution in [2.24, 2.45) is 0 Å². The molecule has 0 bridgehead atoms. The number of hydrogen-bond acceptors (Lipinski definition) is 5. The van der Waals surface area contributed by atoms with Crippen molar-refractivity contribution >= 4 is 25.7 Å². The predicted molar refractivity (Wildman–Crippen MR) is 132 cm³/mol. The Hall–Kier alpha value is -2.88. The first-order chi connectivity index (χ1) is 16.2. The molecule has 1 aliphatic rings. The maximum absolute atomic E-state index is 13.0. The second-order valence-corrected chi connectivity index (χ2v) is 11.9. The first kappa shape index (κ1) is 24.3. The first-order valence-electron chi connectivity index (χ1n) is 11.1. The van der Waals surface area contributed by atoms with Crippen LogP contribution in [0.1, 0.15) is 30.0 Å². The van der Waals surface area contributed by atoms with E-state index in [0.29, 0.717) is 31.0 Å². The summed E-state index contributed by atoms with van der Waals surface area (Å²) in [6.07, 6.45) is 1.43. The number of sulfonamides is 2. The molecule has 180 valence electrons. The topological polar surface area (TPSA) is 92.8 Å². The van der Waals surface area contributed by atoms with Gasteiger partial charge in [-0.05, 0) is 78.9 Å². The van der Waals surface area contributed by atoms with Gasteiger partial charge in [0, 0.05) is 18.8 Å². The van der Waals surface area contributed by atoms with Gasteiger partial charge in [0.25, 0.3) is 10.0 Å². The van der Waals surface area contributed by atoms with Crippen molar-refractivity contribution in [3.05, 3.63) is 83.4 Å². The van der Waals surface area contributed by atoms with Gasteiger partial charge >= 0.3 is 0 Å². The fourth-order valence-corrected chi connectivity index (χ4v) is 6.49. The molecule has 0 unspecified atom stereocenters. The van der Waals surface area contributed by atoms with Gasteiger partial charge in [-0.1, -0.05) is 31.2 Å². The maximum atomic E-state index is 13.0. The number of ether oxygens (including phenoxy) is 1. The summed E-state index contributed by atoms with van der Waals surface area (Å²) in [6, 6.07) is 18.4. The highest BCUT2D eigenvalue weighted by Crippen LogP contribution is 2.29. The average Bonchev–Trinajstić information content (AvgIpc) is 2.83. The van der Waals surface area contributed by atoms with Gasteiger partial charge < -0.3 is 4.74 Å². The number of rotatable bonds is 8. The summed E-state index contributed by atoms with van der Waals surface area (Å²) < 4.78 is 61.7. The van der Waals surface area contributed by atoms with Crippen LogP contribution < -0.4 is 9.46 Å². The zero-order valence-electron chi connectivity index (χ0n) is 19.2. The highest BCUT2D eigenvalue weighted by Gasteiger charge is 2.28. The minimum atomic E-state index is -3.82. The number of fused-ring (bicyclic) bond motifs is 1. The van der Waals surface area contributed by atoms with Crippen LogP contribution in [-0.4, -0.2) is 34.3 Å². The van der Waals surface area contributed by atoms with Crippen LogP contribution in [0.5, 0.6) is 5.75 Å². The summed E-state index contributed by atoms with van der Waals surface area (Å²) in [5, 5.41) is 0. The summed E-state index contributed by atoms with van der Waals surface area (Å²) in [6.45, 7) is 4.95. The third-order valence-corrected chi connectivity index (χ3v) is 8.97. The Kier molecular flexibility index (Phi) is 6.97. The molecule has 0 fully saturated rings. The van der Waals surface area contributed by atoms with E-state index >= 15 is 0 Å². The highest BCUT2D eigenvalue weighted by molar-refractivity contribution is 7.92. The van der Waals surface area contributed by atoms with Crippen molar-refractivity contribution in [2.75, 3.05) is 17.9 Å². The van der Waals surface area contributed by atoms with E-state index in [0.717, 1.165) is 23.1 Å². The van der Waals surface area contributed by atoms with Gasteiger partial charge in [0.05, 0.1) is 16.4 Å². The Morgan fingerprint density at radius 2 is 1.68 bits per heavy atom. The van der Waals surface area contributed by atoms with Crippen LogP contribution in [-0.2, 0) is 33.0 Å². The number of hydrogen-bond donors (Lipinski definition) is 1. The van der Waals surface area contributed by atoms with Crippen LogP contribution in [0.3, 0.4) is 0 Å². The van der Waals surface area contributed by atoms with Crippen LogP contribution in [0.4, 0.5) is 5.69 Å². The number of nitrogens with zero attached hydrogens (tertiary/aromatic N) is 1. The van der Waals surface area contributed by atoms with Gasteiger partial charge in [-0.2, -0.15) is 4.31 Å². The van der Waals surface area contributed by atoms with Crippen LogP contribution in [0.25, 0.3) is 0 Å². The quantitative estimate of drug-likeness (QED) is 0.497. The summed E-state index contributed by atoms with van der Waals surface area (Å²) in [5.41, 5.74) is 2.92. The Bertz CT molecular complexity index is 1390. The molecule has 0 radical (unpaired) electrons. The maximum Gasteiger partial charge on any atom is 0.261 e. The minimum Gasteiger partial charge on any atom is -0.493 e. The lowest BCUT2D eigenvalue weighted by Crippen LogP contribution is -2.36. The Balaban J connectivity index is 1.54. The fourth-order valence-electron chi connectivity index (χ4n) is 3.92. The zero-order valence-corrected chi connectivity index (χ0v) is 20.8. The molecule has 3 aromatic carbocycles. The molecule has 0 aliphatic carbocycles. The van der Waals surface area contributed by atoms with Crippen LogP contribution in [0, 0.1) is 6.92 Å². The second kappa shape index (κ2) is 9.77. The molecule has 0 aromatic heterocycles. The molecule has 9 heteroatoms. The molecule has 7 nitrogen and oxygen atoms in total. The molecule has 0 atom stereocenters. The van der Waals surface area contributed by atoms with Gasteiger partial charge in [-0.25, -0.2) is 16.8 Å². The van der Waals surface area contributed by atoms with Crippen molar-refractivity contribution in [3.63, 3.8) is 0 Å². The van der Waals surface area contributed by atoms with Crippen molar-refractivity contribution in [1.29, 1.82) is 0 Å². The molecule has 0 spiro atoms. The van der Waals surface area contributed by atoms with E-state index in [1.54, 1.807) is 54.6 Å². The van der Waals surface area contributed by atoms with Gasteiger partial charge in [0.1, 0.15) is 5.75 Å². The molecular formula is C25H28N2O5S2. The average molecular weight is 501 g/mol. The van der Waals surface area contributed by atoms with E-state index < -0.39 is 20.0 Å². The second-order valence-electron chi connectivity index (χ2n) is 8.27. The lowest BCUT2D eigenvalue weighted by molar-refractivity contribution is 0.315. The molecule has 1 N–H and O–H groups in total. The van der Waals surface area contributed by atoms with Gasteiger partial charge in [0.15, 0.2) is 0 Å². The molecule has 1 heterocycles. The predicted octanol–water partition coefficient (Wildman–Crippen LogP) is 4.33. The van der Waals surface area contributed by atoms with E-state index in [2.05, 4.69) is 4.72 Å². The van der Waals surface area contributed by atoms with E-state index in [1.807, 2.05) is 19.9 Å². The Labute approximate surface area is 201 Å². The molecule has 0 saturated heterocycles. The molecule has 0 amide bonds. The molecule has 1 aliphatic heterocycles. The van der Waals surface area contributed by atoms with Crippen molar-refractivity contribution < 1.29 is 21.6 Å². The zero-order chi connectivity index (χ0) is 24.3. The van der Waals surface area contributed by atoms with Gasteiger partial charge in [-0.3, -0.25) is 4.72 Å². The summed E-state index contributed by atoms with van der Waals surface area (Å²) in [7, 11) is -7.45. The third kappa shape index (κ3) is 5.11. The largest absolute Gasteiger partial charge is 0.493 e. The Morgan fingerprint density at radius 3 is 2.38 bits per heavy atom. The van der Waals surface area contributed by atoms with E-state index in [4.69, 9.17) is 4.74 Å². The minimum absolute atomic E-state index is 0.139. The summed E-state index contributed by atoms with van der Waals surface area (Å²) >= 11 is 0. The highest BCUT2D eigenvalue weighted by atomic mass is 32.2. The van der Waals surface area contributed by atoms with Crippen LogP contribution in [0.2, 0.25) is 0 Å². The number of aryl methyl sites for hydroxylation is 1. The molecule has 4 rings (SSSR count). The van der Waals surface area contributed by atoms with Crippen molar-refractivity contribution in [2.45, 2.75) is 43.0 Å². The molecule has 3 aromatic rings. The SMILES string of the molecule is CCCOc1ccc(S(=O)(=O)Nc2ccc3c(c2)CN(S(=O)(=O)c2ccccc2)CC3)cc1C. The lowest BCUT2D eigenvalue weighted by atomic mass is 10.0. The smallest absolute Gasteiger partial charge is 0.261 e. The van der Waals surface area contributed by atoms with Crippen molar-refractivity contribution in [3.8, 4) is 5.75 Å². The fraction of sp³-hybridized carbons (Fsp3) is 0.280. The van der Waals surface area contributed by atoms with E-state index in [9.17, 15) is 16.8 Å². The number of anilines is 1. The summed E-state index contributed by atoms with van der Waals surface area (Å²) in [5.74, 6) is 0.661. The molecule has 34 heavy (non-hydrogen) atoms. The number of benzene rings is 3. The monoisotopic (exact) mass is 500 g/mol. The summed E-state index contributed by atoms with van der Waals surface area (Å²) in [4.78, 5) is 0.386. The first-order valence-corrected chi connectivity index (χ1v) is 14.1. The number of nitrogens with one attached hydrogen (secondary N) is 1. The van der Waals surface area contributed by atoms with E-state index in [1.165, 1.54) is 10.4 Å². The van der Waals surface area contributed by atoms with Crippen LogP contribution in [0.15, 0.2) is 76.5 Å². The van der Waals surface area contributed by atoms with E-state index in [-0.39, 0.29) is 16.3 Å². The Morgan fingerprint density at radius 1 is 0.912 bits per heavy atom. The standard InChI is InChI=1S/C25H28N2O5S2/c1-3-15-32-25-12-11-24(16-19(25)2)33(28,29)26-22-10-9-20-13-14-27(18-21(20)17-22)34(30,31)23-7-5-4-6-8-23/h4-12,16-17,26H,3,13-15,18H2,1-2H3. The van der Waals surface area contributed by atoms with Crippen LogP contribution >= 0.6 is 0 Å². The molecular weight excluding hydrogens is 472 g/mol. The van der Waals surface area contributed by atoms with Gasteiger partial charge in [0.2, 0.25) is 10.0 Å². The lowest BCUT2D eigenvalue weighted by Gasteiger charge is -2.28.